The van der Waals surface area contributed by atoms with Crippen LogP contribution in [0.4, 0.5) is 4.39 Å². The third kappa shape index (κ3) is 3.86. The normalized spacial score (nSPS) is 10.9. The minimum absolute atomic E-state index is 0.264. The standard InChI is InChI=1S/C15H18FN3OS/c1-10-18-13(15(20)17-8-9-19(2)3)14(21-10)11-6-4-5-7-12(11)16/h4-7H,8-9H2,1-3H3,(H,17,20). The number of benzene rings is 1. The van der Waals surface area contributed by atoms with Crippen LogP contribution in [0.5, 0.6) is 0 Å². The van der Waals surface area contributed by atoms with E-state index in [1.165, 1.54) is 17.4 Å². The van der Waals surface area contributed by atoms with Crippen molar-refractivity contribution in [3.63, 3.8) is 0 Å². The molecule has 0 saturated heterocycles. The minimum Gasteiger partial charge on any atom is -0.349 e. The molecule has 0 aliphatic carbocycles. The van der Waals surface area contributed by atoms with Crippen LogP contribution in [0.15, 0.2) is 24.3 Å². The van der Waals surface area contributed by atoms with E-state index in [-0.39, 0.29) is 11.7 Å². The molecule has 1 heterocycles. The first-order chi connectivity index (χ1) is 9.99. The first-order valence-electron chi connectivity index (χ1n) is 6.64. The third-order valence-electron chi connectivity index (χ3n) is 2.91. The van der Waals surface area contributed by atoms with Gasteiger partial charge in [-0.25, -0.2) is 9.37 Å². The van der Waals surface area contributed by atoms with Crippen LogP contribution in [0.3, 0.4) is 0 Å². The van der Waals surface area contributed by atoms with Gasteiger partial charge in [0, 0.05) is 18.7 Å². The largest absolute Gasteiger partial charge is 0.349 e. The van der Waals surface area contributed by atoms with Gasteiger partial charge in [-0.2, -0.15) is 0 Å². The van der Waals surface area contributed by atoms with Gasteiger partial charge in [0.25, 0.3) is 5.91 Å². The predicted molar refractivity (Wildman–Crippen MR) is 83.1 cm³/mol. The van der Waals surface area contributed by atoms with E-state index in [1.807, 2.05) is 25.9 Å². The van der Waals surface area contributed by atoms with Crippen molar-refractivity contribution in [2.24, 2.45) is 0 Å². The highest BCUT2D eigenvalue weighted by Crippen LogP contribution is 2.31. The van der Waals surface area contributed by atoms with Gasteiger partial charge in [0.15, 0.2) is 0 Å². The molecule has 0 saturated carbocycles. The van der Waals surface area contributed by atoms with Crippen molar-refractivity contribution in [2.45, 2.75) is 6.92 Å². The van der Waals surface area contributed by atoms with Gasteiger partial charge in [-0.05, 0) is 27.1 Å². The van der Waals surface area contributed by atoms with Crippen molar-refractivity contribution in [3.05, 3.63) is 40.8 Å². The number of thiazole rings is 1. The third-order valence-corrected chi connectivity index (χ3v) is 3.92. The van der Waals surface area contributed by atoms with Crippen molar-refractivity contribution < 1.29 is 9.18 Å². The number of nitrogens with zero attached hydrogens (tertiary/aromatic N) is 2. The highest BCUT2D eigenvalue weighted by Gasteiger charge is 2.20. The van der Waals surface area contributed by atoms with Crippen molar-refractivity contribution in [3.8, 4) is 10.4 Å². The summed E-state index contributed by atoms with van der Waals surface area (Å²) in [6.45, 7) is 3.08. The second-order valence-electron chi connectivity index (χ2n) is 4.95. The molecule has 0 radical (unpaired) electrons. The van der Waals surface area contributed by atoms with Crippen LogP contribution >= 0.6 is 11.3 Å². The van der Waals surface area contributed by atoms with Crippen molar-refractivity contribution in [1.29, 1.82) is 0 Å². The van der Waals surface area contributed by atoms with E-state index in [9.17, 15) is 9.18 Å². The van der Waals surface area contributed by atoms with E-state index < -0.39 is 0 Å². The molecule has 112 valence electrons. The number of likely N-dealkylation sites (N-methyl/N-ethyl adjacent to an activating group) is 1. The Kier molecular flexibility index (Phi) is 5.03. The van der Waals surface area contributed by atoms with E-state index in [0.717, 1.165) is 11.6 Å². The van der Waals surface area contributed by atoms with Crippen LogP contribution in [-0.4, -0.2) is 43.0 Å². The van der Waals surface area contributed by atoms with Crippen molar-refractivity contribution in [2.75, 3.05) is 27.2 Å². The highest BCUT2D eigenvalue weighted by molar-refractivity contribution is 7.15. The number of halogens is 1. The second kappa shape index (κ2) is 6.78. The molecule has 0 fully saturated rings. The Morgan fingerprint density at radius 1 is 1.38 bits per heavy atom. The number of nitrogens with one attached hydrogen (secondary N) is 1. The Bertz CT molecular complexity index is 640. The average molecular weight is 307 g/mol. The lowest BCUT2D eigenvalue weighted by Gasteiger charge is -2.10. The molecular formula is C15H18FN3OS. The molecule has 4 nitrogen and oxygen atoms in total. The molecule has 1 N–H and O–H groups in total. The summed E-state index contributed by atoms with van der Waals surface area (Å²) in [7, 11) is 3.87. The van der Waals surface area contributed by atoms with Crippen LogP contribution < -0.4 is 5.32 Å². The van der Waals surface area contributed by atoms with Crippen molar-refractivity contribution in [1.82, 2.24) is 15.2 Å². The Morgan fingerprint density at radius 2 is 2.10 bits per heavy atom. The van der Waals surface area contributed by atoms with Gasteiger partial charge in [0.2, 0.25) is 0 Å². The van der Waals surface area contributed by atoms with E-state index >= 15 is 0 Å². The fourth-order valence-electron chi connectivity index (χ4n) is 1.89. The monoisotopic (exact) mass is 307 g/mol. The Morgan fingerprint density at radius 3 is 2.76 bits per heavy atom. The van der Waals surface area contributed by atoms with Gasteiger partial charge < -0.3 is 10.2 Å². The maximum Gasteiger partial charge on any atom is 0.271 e. The summed E-state index contributed by atoms with van der Waals surface area (Å²) in [6.07, 6.45) is 0. The SMILES string of the molecule is Cc1nc(C(=O)NCCN(C)C)c(-c2ccccc2F)s1. The Hall–Kier alpha value is -1.79. The van der Waals surface area contributed by atoms with Crippen LogP contribution in [0.1, 0.15) is 15.5 Å². The molecule has 21 heavy (non-hydrogen) atoms. The smallest absolute Gasteiger partial charge is 0.271 e. The molecule has 0 aliphatic rings. The van der Waals surface area contributed by atoms with Gasteiger partial charge in [-0.15, -0.1) is 11.3 Å². The van der Waals surface area contributed by atoms with Crippen LogP contribution in [-0.2, 0) is 0 Å². The van der Waals surface area contributed by atoms with E-state index in [0.29, 0.717) is 22.7 Å². The summed E-state index contributed by atoms with van der Waals surface area (Å²) in [6, 6.07) is 6.43. The lowest BCUT2D eigenvalue weighted by Crippen LogP contribution is -2.31. The summed E-state index contributed by atoms with van der Waals surface area (Å²) < 4.78 is 13.9. The predicted octanol–water partition coefficient (Wildman–Crippen LogP) is 2.55. The Labute approximate surface area is 127 Å². The summed E-state index contributed by atoms with van der Waals surface area (Å²) in [5.74, 6) is -0.608. The average Bonchev–Trinajstić information content (AvgIpc) is 2.80. The zero-order valence-electron chi connectivity index (χ0n) is 12.3. The number of aromatic nitrogens is 1. The van der Waals surface area contributed by atoms with Crippen molar-refractivity contribution >= 4 is 17.2 Å². The molecule has 1 amide bonds. The van der Waals surface area contributed by atoms with Gasteiger partial charge in [0.05, 0.1) is 9.88 Å². The molecule has 1 aromatic heterocycles. The molecule has 1 aromatic carbocycles. The molecule has 0 aliphatic heterocycles. The number of aryl methyl sites for hydroxylation is 1. The zero-order chi connectivity index (χ0) is 15.4. The molecule has 0 bridgehead atoms. The van der Waals surface area contributed by atoms with E-state index in [1.54, 1.807) is 18.2 Å². The number of carbonyl (C=O) groups is 1. The Balaban J connectivity index is 2.25. The quantitative estimate of drug-likeness (QED) is 0.923. The summed E-state index contributed by atoms with van der Waals surface area (Å²) in [5, 5.41) is 3.56. The van der Waals surface area contributed by atoms with E-state index in [2.05, 4.69) is 10.3 Å². The van der Waals surface area contributed by atoms with Crippen LogP contribution in [0, 0.1) is 12.7 Å². The summed E-state index contributed by atoms with van der Waals surface area (Å²) in [4.78, 5) is 19.0. The number of carbonyl (C=O) groups excluding carboxylic acids is 1. The number of amides is 1. The topological polar surface area (TPSA) is 45.2 Å². The van der Waals surface area contributed by atoms with Gasteiger partial charge in [-0.3, -0.25) is 4.79 Å². The molecule has 2 aromatic rings. The van der Waals surface area contributed by atoms with Crippen LogP contribution in [0.2, 0.25) is 0 Å². The molecule has 6 heteroatoms. The van der Waals surface area contributed by atoms with Gasteiger partial charge >= 0.3 is 0 Å². The number of rotatable bonds is 5. The second-order valence-corrected chi connectivity index (χ2v) is 6.15. The number of hydrogen-bond donors (Lipinski definition) is 1. The fourth-order valence-corrected chi connectivity index (χ4v) is 2.83. The fraction of sp³-hybridized carbons (Fsp3) is 0.333. The van der Waals surface area contributed by atoms with Crippen LogP contribution in [0.25, 0.3) is 10.4 Å². The van der Waals surface area contributed by atoms with Gasteiger partial charge in [0.1, 0.15) is 11.5 Å². The molecule has 2 rings (SSSR count). The summed E-state index contributed by atoms with van der Waals surface area (Å²) >= 11 is 1.33. The lowest BCUT2D eigenvalue weighted by molar-refractivity contribution is 0.0947. The molecule has 0 atom stereocenters. The zero-order valence-corrected chi connectivity index (χ0v) is 13.1. The molecule has 0 spiro atoms. The first kappa shape index (κ1) is 15.6. The molecular weight excluding hydrogens is 289 g/mol. The van der Waals surface area contributed by atoms with Gasteiger partial charge in [-0.1, -0.05) is 18.2 Å². The number of hydrogen-bond acceptors (Lipinski definition) is 4. The summed E-state index contributed by atoms with van der Waals surface area (Å²) in [5.41, 5.74) is 0.710. The highest BCUT2D eigenvalue weighted by atomic mass is 32.1. The maximum atomic E-state index is 13.9. The van der Waals surface area contributed by atoms with E-state index in [4.69, 9.17) is 0 Å². The molecule has 0 unspecified atom stereocenters. The maximum absolute atomic E-state index is 13.9. The first-order valence-corrected chi connectivity index (χ1v) is 7.46. The minimum atomic E-state index is -0.344. The lowest BCUT2D eigenvalue weighted by atomic mass is 10.1.